The number of aliphatic hydroxyl groups is 1. The lowest BCUT2D eigenvalue weighted by molar-refractivity contribution is 0.0441. The van der Waals surface area contributed by atoms with Crippen molar-refractivity contribution in [3.05, 3.63) is 53.3 Å². The topological polar surface area (TPSA) is 64.1 Å². The van der Waals surface area contributed by atoms with E-state index < -0.39 is 5.60 Å². The van der Waals surface area contributed by atoms with Crippen molar-refractivity contribution in [1.29, 1.82) is 0 Å². The molecule has 20 heavy (non-hydrogen) atoms. The molecule has 0 fully saturated rings. The van der Waals surface area contributed by atoms with Crippen LogP contribution in [0.2, 0.25) is 0 Å². The first-order valence-corrected chi connectivity index (χ1v) is 7.16. The van der Waals surface area contributed by atoms with E-state index in [1.54, 1.807) is 0 Å². The Labute approximate surface area is 120 Å². The number of hydrogen-bond acceptors (Lipinski definition) is 3. The van der Waals surface area contributed by atoms with Gasteiger partial charge in [-0.15, -0.1) is 0 Å². The van der Waals surface area contributed by atoms with Gasteiger partial charge in [-0.25, -0.2) is 0 Å². The molecule has 2 rings (SSSR count). The second-order valence-electron chi connectivity index (χ2n) is 5.07. The lowest BCUT2D eigenvalue weighted by Crippen LogP contribution is -2.37. The third kappa shape index (κ3) is 2.92. The lowest BCUT2D eigenvalue weighted by atomic mass is 9.89. The second-order valence-corrected chi connectivity index (χ2v) is 5.07. The van der Waals surface area contributed by atoms with Crippen LogP contribution in [0.3, 0.4) is 0 Å². The van der Waals surface area contributed by atoms with Crippen molar-refractivity contribution < 1.29 is 5.11 Å². The SMILES string of the molecule is CCc1cc(CC(O)(CN)c2ccccc2)n(CC)n1. The fraction of sp³-hybridized carbons (Fsp3) is 0.438. The van der Waals surface area contributed by atoms with E-state index in [4.69, 9.17) is 5.73 Å². The minimum absolute atomic E-state index is 0.188. The third-order valence-electron chi connectivity index (χ3n) is 3.70. The van der Waals surface area contributed by atoms with E-state index in [9.17, 15) is 5.11 Å². The molecule has 108 valence electrons. The van der Waals surface area contributed by atoms with Gasteiger partial charge in [0, 0.05) is 25.2 Å². The van der Waals surface area contributed by atoms with Crippen molar-refractivity contribution in [3.8, 4) is 0 Å². The number of benzene rings is 1. The summed E-state index contributed by atoms with van der Waals surface area (Å²) in [6.45, 7) is 5.12. The lowest BCUT2D eigenvalue weighted by Gasteiger charge is -2.27. The Morgan fingerprint density at radius 2 is 1.95 bits per heavy atom. The molecule has 1 unspecified atom stereocenters. The van der Waals surface area contributed by atoms with Gasteiger partial charge in [-0.05, 0) is 25.0 Å². The van der Waals surface area contributed by atoms with E-state index in [2.05, 4.69) is 25.0 Å². The fourth-order valence-corrected chi connectivity index (χ4v) is 2.44. The number of nitrogens with zero attached hydrogens (tertiary/aromatic N) is 2. The minimum Gasteiger partial charge on any atom is -0.383 e. The summed E-state index contributed by atoms with van der Waals surface area (Å²) >= 11 is 0. The number of rotatable bonds is 6. The zero-order valence-electron chi connectivity index (χ0n) is 12.2. The maximum Gasteiger partial charge on any atom is 0.107 e. The Bertz CT molecular complexity index is 550. The van der Waals surface area contributed by atoms with Gasteiger partial charge < -0.3 is 10.8 Å². The molecule has 4 nitrogen and oxygen atoms in total. The summed E-state index contributed by atoms with van der Waals surface area (Å²) in [6.07, 6.45) is 1.38. The zero-order valence-corrected chi connectivity index (χ0v) is 12.2. The summed E-state index contributed by atoms with van der Waals surface area (Å²) in [5, 5.41) is 15.4. The molecule has 1 heterocycles. The van der Waals surface area contributed by atoms with Crippen molar-refractivity contribution in [2.45, 2.75) is 38.8 Å². The van der Waals surface area contributed by atoms with E-state index in [0.717, 1.165) is 29.9 Å². The second kappa shape index (κ2) is 6.20. The van der Waals surface area contributed by atoms with E-state index in [1.807, 2.05) is 35.0 Å². The molecule has 0 amide bonds. The molecule has 0 bridgehead atoms. The third-order valence-corrected chi connectivity index (χ3v) is 3.70. The number of aryl methyl sites for hydroxylation is 2. The maximum atomic E-state index is 10.9. The fourth-order valence-electron chi connectivity index (χ4n) is 2.44. The van der Waals surface area contributed by atoms with E-state index >= 15 is 0 Å². The first-order chi connectivity index (χ1) is 9.62. The van der Waals surface area contributed by atoms with Gasteiger partial charge in [-0.1, -0.05) is 37.3 Å². The molecule has 1 atom stereocenters. The Hall–Kier alpha value is -1.65. The molecular weight excluding hydrogens is 250 g/mol. The van der Waals surface area contributed by atoms with Crippen LogP contribution in [0.4, 0.5) is 0 Å². The molecule has 0 aliphatic rings. The summed E-state index contributed by atoms with van der Waals surface area (Å²) in [4.78, 5) is 0. The Balaban J connectivity index is 2.32. The predicted molar refractivity (Wildman–Crippen MR) is 80.4 cm³/mol. The van der Waals surface area contributed by atoms with Gasteiger partial charge in [0.2, 0.25) is 0 Å². The van der Waals surface area contributed by atoms with Crippen LogP contribution in [-0.4, -0.2) is 21.4 Å². The average Bonchev–Trinajstić information content (AvgIpc) is 2.90. The normalized spacial score (nSPS) is 14.2. The van der Waals surface area contributed by atoms with Gasteiger partial charge >= 0.3 is 0 Å². The van der Waals surface area contributed by atoms with Gasteiger partial charge in [-0.3, -0.25) is 4.68 Å². The van der Waals surface area contributed by atoms with Crippen molar-refractivity contribution in [2.24, 2.45) is 5.73 Å². The smallest absolute Gasteiger partial charge is 0.107 e. The molecular formula is C16H23N3O. The highest BCUT2D eigenvalue weighted by Crippen LogP contribution is 2.25. The summed E-state index contributed by atoms with van der Waals surface area (Å²) < 4.78 is 1.95. The summed E-state index contributed by atoms with van der Waals surface area (Å²) in [5.74, 6) is 0. The summed E-state index contributed by atoms with van der Waals surface area (Å²) in [6, 6.07) is 11.7. The summed E-state index contributed by atoms with van der Waals surface area (Å²) in [7, 11) is 0. The van der Waals surface area contributed by atoms with Crippen molar-refractivity contribution in [2.75, 3.05) is 6.54 Å². The Morgan fingerprint density at radius 3 is 2.50 bits per heavy atom. The van der Waals surface area contributed by atoms with Crippen LogP contribution in [0.1, 0.15) is 30.8 Å². The van der Waals surface area contributed by atoms with Crippen LogP contribution >= 0.6 is 0 Å². The van der Waals surface area contributed by atoms with Crippen LogP contribution < -0.4 is 5.73 Å². The van der Waals surface area contributed by atoms with Crippen LogP contribution in [0, 0.1) is 0 Å². The Morgan fingerprint density at radius 1 is 1.25 bits per heavy atom. The van der Waals surface area contributed by atoms with Gasteiger partial charge in [0.25, 0.3) is 0 Å². The molecule has 1 aromatic heterocycles. The molecule has 1 aromatic carbocycles. The predicted octanol–water partition coefficient (Wildman–Crippen LogP) is 1.85. The maximum absolute atomic E-state index is 10.9. The molecule has 0 radical (unpaired) electrons. The first kappa shape index (κ1) is 14.8. The van der Waals surface area contributed by atoms with Crippen molar-refractivity contribution in [3.63, 3.8) is 0 Å². The largest absolute Gasteiger partial charge is 0.383 e. The average molecular weight is 273 g/mol. The molecule has 3 N–H and O–H groups in total. The highest BCUT2D eigenvalue weighted by Gasteiger charge is 2.29. The molecule has 0 saturated heterocycles. The number of aromatic nitrogens is 2. The van der Waals surface area contributed by atoms with Crippen LogP contribution in [0.5, 0.6) is 0 Å². The number of hydrogen-bond donors (Lipinski definition) is 2. The van der Waals surface area contributed by atoms with Crippen molar-refractivity contribution in [1.82, 2.24) is 9.78 Å². The molecule has 0 spiro atoms. The highest BCUT2D eigenvalue weighted by atomic mass is 16.3. The van der Waals surface area contributed by atoms with E-state index in [-0.39, 0.29) is 6.54 Å². The quantitative estimate of drug-likeness (QED) is 0.844. The Kier molecular flexibility index (Phi) is 4.57. The molecule has 0 aliphatic heterocycles. The zero-order chi connectivity index (χ0) is 14.6. The van der Waals surface area contributed by atoms with Crippen LogP contribution in [0.15, 0.2) is 36.4 Å². The molecule has 0 aliphatic carbocycles. The van der Waals surface area contributed by atoms with Gasteiger partial charge in [0.15, 0.2) is 0 Å². The van der Waals surface area contributed by atoms with Gasteiger partial charge in [0.05, 0.1) is 5.69 Å². The monoisotopic (exact) mass is 273 g/mol. The standard InChI is InChI=1S/C16H23N3O/c1-3-14-10-15(19(4-2)18-14)11-16(20,12-17)13-8-6-5-7-9-13/h5-10,20H,3-4,11-12,17H2,1-2H3. The van der Waals surface area contributed by atoms with Crippen LogP contribution in [-0.2, 0) is 25.0 Å². The summed E-state index contributed by atoms with van der Waals surface area (Å²) in [5.41, 5.74) is 7.73. The highest BCUT2D eigenvalue weighted by molar-refractivity contribution is 5.26. The van der Waals surface area contributed by atoms with E-state index in [1.165, 1.54) is 0 Å². The van der Waals surface area contributed by atoms with Gasteiger partial charge in [0.1, 0.15) is 5.60 Å². The number of nitrogens with two attached hydrogens (primary N) is 1. The molecule has 2 aromatic rings. The van der Waals surface area contributed by atoms with Gasteiger partial charge in [-0.2, -0.15) is 5.10 Å². The molecule has 4 heteroatoms. The first-order valence-electron chi connectivity index (χ1n) is 7.16. The van der Waals surface area contributed by atoms with Crippen molar-refractivity contribution >= 4 is 0 Å². The molecule has 0 saturated carbocycles. The van der Waals surface area contributed by atoms with Crippen LogP contribution in [0.25, 0.3) is 0 Å². The van der Waals surface area contributed by atoms with E-state index in [0.29, 0.717) is 6.42 Å². The minimum atomic E-state index is -1.04.